The number of nitrogens with zero attached hydrogens (tertiary/aromatic N) is 2. The van der Waals surface area contributed by atoms with Gasteiger partial charge in [-0.05, 0) is 25.5 Å². The highest BCUT2D eigenvalue weighted by atomic mass is 16.2. The van der Waals surface area contributed by atoms with Gasteiger partial charge in [0.05, 0.1) is 0 Å². The molecule has 19 heavy (non-hydrogen) atoms. The average Bonchev–Trinajstić information content (AvgIpc) is 2.93. The van der Waals surface area contributed by atoms with Crippen molar-refractivity contribution in [3.63, 3.8) is 0 Å². The van der Waals surface area contributed by atoms with Crippen LogP contribution in [0.4, 0.5) is 5.82 Å². The standard InChI is InChI=1S/C14H22N4O/c1-3-16-10-11-6-4-8-17-13(11)18-9-5-7-12(18)14(19)15-2/h4,6,8,12,16H,3,5,7,9-10H2,1-2H3,(H,15,19). The molecule has 1 unspecified atom stereocenters. The van der Waals surface area contributed by atoms with Crippen molar-refractivity contribution in [1.29, 1.82) is 0 Å². The summed E-state index contributed by atoms with van der Waals surface area (Å²) in [5, 5.41) is 6.06. The summed E-state index contributed by atoms with van der Waals surface area (Å²) in [5.41, 5.74) is 1.15. The number of carbonyl (C=O) groups is 1. The van der Waals surface area contributed by atoms with Crippen LogP contribution in [-0.4, -0.2) is 37.1 Å². The van der Waals surface area contributed by atoms with Gasteiger partial charge in [-0.3, -0.25) is 4.79 Å². The number of nitrogens with one attached hydrogen (secondary N) is 2. The molecule has 1 aromatic heterocycles. The number of pyridine rings is 1. The minimum absolute atomic E-state index is 0.0811. The third-order valence-corrected chi connectivity index (χ3v) is 3.51. The fourth-order valence-corrected chi connectivity index (χ4v) is 2.55. The third-order valence-electron chi connectivity index (χ3n) is 3.51. The molecular weight excluding hydrogens is 240 g/mol. The maximum atomic E-state index is 11.9. The first-order valence-corrected chi connectivity index (χ1v) is 6.90. The zero-order valence-corrected chi connectivity index (χ0v) is 11.6. The van der Waals surface area contributed by atoms with Gasteiger partial charge in [-0.1, -0.05) is 13.0 Å². The second-order valence-electron chi connectivity index (χ2n) is 4.73. The molecule has 1 atom stereocenters. The summed E-state index contributed by atoms with van der Waals surface area (Å²) in [4.78, 5) is 18.5. The van der Waals surface area contributed by atoms with Crippen LogP contribution in [0.3, 0.4) is 0 Å². The lowest BCUT2D eigenvalue weighted by Crippen LogP contribution is -2.42. The number of carbonyl (C=O) groups excluding carboxylic acids is 1. The van der Waals surface area contributed by atoms with Crippen molar-refractivity contribution in [2.45, 2.75) is 32.4 Å². The van der Waals surface area contributed by atoms with Crippen LogP contribution in [-0.2, 0) is 11.3 Å². The summed E-state index contributed by atoms with van der Waals surface area (Å²) < 4.78 is 0. The lowest BCUT2D eigenvalue weighted by molar-refractivity contribution is -0.121. The topological polar surface area (TPSA) is 57.3 Å². The predicted molar refractivity (Wildman–Crippen MR) is 76.1 cm³/mol. The normalized spacial score (nSPS) is 18.6. The molecule has 0 radical (unpaired) electrons. The van der Waals surface area contributed by atoms with Crippen molar-refractivity contribution in [2.75, 3.05) is 25.0 Å². The summed E-state index contributed by atoms with van der Waals surface area (Å²) in [5.74, 6) is 1.02. The number of likely N-dealkylation sites (N-methyl/N-ethyl adjacent to an activating group) is 1. The highest BCUT2D eigenvalue weighted by molar-refractivity contribution is 5.85. The molecule has 1 aliphatic heterocycles. The van der Waals surface area contributed by atoms with Crippen molar-refractivity contribution in [3.05, 3.63) is 23.9 Å². The first kappa shape index (κ1) is 13.8. The van der Waals surface area contributed by atoms with E-state index in [1.165, 1.54) is 0 Å². The van der Waals surface area contributed by atoms with E-state index < -0.39 is 0 Å². The lowest BCUT2D eigenvalue weighted by Gasteiger charge is -2.26. The van der Waals surface area contributed by atoms with Gasteiger partial charge in [0.25, 0.3) is 0 Å². The summed E-state index contributed by atoms with van der Waals surface area (Å²) in [7, 11) is 1.69. The zero-order valence-electron chi connectivity index (χ0n) is 11.6. The van der Waals surface area contributed by atoms with Crippen molar-refractivity contribution in [1.82, 2.24) is 15.6 Å². The smallest absolute Gasteiger partial charge is 0.242 e. The quantitative estimate of drug-likeness (QED) is 0.828. The molecule has 0 saturated carbocycles. The van der Waals surface area contributed by atoms with Crippen LogP contribution in [0.1, 0.15) is 25.3 Å². The molecule has 2 N–H and O–H groups in total. The molecule has 5 nitrogen and oxygen atoms in total. The van der Waals surface area contributed by atoms with E-state index in [1.807, 2.05) is 6.07 Å². The van der Waals surface area contributed by atoms with E-state index in [0.29, 0.717) is 0 Å². The molecule has 104 valence electrons. The molecule has 0 aromatic carbocycles. The predicted octanol–water partition coefficient (Wildman–Crippen LogP) is 0.906. The van der Waals surface area contributed by atoms with Gasteiger partial charge in [-0.15, -0.1) is 0 Å². The Morgan fingerprint density at radius 2 is 2.42 bits per heavy atom. The van der Waals surface area contributed by atoms with Crippen LogP contribution in [0.15, 0.2) is 18.3 Å². The molecule has 1 saturated heterocycles. The van der Waals surface area contributed by atoms with Crippen LogP contribution < -0.4 is 15.5 Å². The van der Waals surface area contributed by atoms with Crippen molar-refractivity contribution in [2.24, 2.45) is 0 Å². The second-order valence-corrected chi connectivity index (χ2v) is 4.73. The summed E-state index contributed by atoms with van der Waals surface area (Å²) in [6, 6.07) is 3.94. The van der Waals surface area contributed by atoms with Crippen LogP contribution in [0.2, 0.25) is 0 Å². The van der Waals surface area contributed by atoms with E-state index in [4.69, 9.17) is 0 Å². The van der Waals surface area contributed by atoms with E-state index in [0.717, 1.165) is 43.9 Å². The molecule has 0 spiro atoms. The number of rotatable bonds is 5. The molecule has 1 aliphatic rings. The number of amides is 1. The molecule has 0 aliphatic carbocycles. The maximum absolute atomic E-state index is 11.9. The Morgan fingerprint density at radius 1 is 1.58 bits per heavy atom. The SMILES string of the molecule is CCNCc1cccnc1N1CCCC1C(=O)NC. The van der Waals surface area contributed by atoms with Gasteiger partial charge in [0, 0.05) is 31.9 Å². The molecule has 0 bridgehead atoms. The third kappa shape index (κ3) is 3.04. The van der Waals surface area contributed by atoms with Crippen LogP contribution in [0.5, 0.6) is 0 Å². The van der Waals surface area contributed by atoms with Gasteiger partial charge in [-0.2, -0.15) is 0 Å². The zero-order chi connectivity index (χ0) is 13.7. The Labute approximate surface area is 114 Å². The molecular formula is C14H22N4O. The van der Waals surface area contributed by atoms with Gasteiger partial charge in [-0.25, -0.2) is 4.98 Å². The van der Waals surface area contributed by atoms with Gasteiger partial charge in [0.15, 0.2) is 0 Å². The number of hydrogen-bond donors (Lipinski definition) is 2. The van der Waals surface area contributed by atoms with E-state index in [1.54, 1.807) is 13.2 Å². The second kappa shape index (κ2) is 6.52. The Bertz CT molecular complexity index is 435. The number of aromatic nitrogens is 1. The van der Waals surface area contributed by atoms with E-state index in [-0.39, 0.29) is 11.9 Å². The Balaban J connectivity index is 2.22. The fraction of sp³-hybridized carbons (Fsp3) is 0.571. The largest absolute Gasteiger partial charge is 0.357 e. The Kier molecular flexibility index (Phi) is 4.74. The first-order valence-electron chi connectivity index (χ1n) is 6.90. The fourth-order valence-electron chi connectivity index (χ4n) is 2.55. The van der Waals surface area contributed by atoms with Gasteiger partial charge in [0.1, 0.15) is 11.9 Å². The van der Waals surface area contributed by atoms with Crippen molar-refractivity contribution >= 4 is 11.7 Å². The van der Waals surface area contributed by atoms with Crippen LogP contribution >= 0.6 is 0 Å². The van der Waals surface area contributed by atoms with Crippen LogP contribution in [0.25, 0.3) is 0 Å². The summed E-state index contributed by atoms with van der Waals surface area (Å²) in [6.45, 7) is 4.69. The minimum atomic E-state index is -0.0831. The minimum Gasteiger partial charge on any atom is -0.357 e. The summed E-state index contributed by atoms with van der Waals surface area (Å²) >= 11 is 0. The molecule has 1 amide bonds. The average molecular weight is 262 g/mol. The highest BCUT2D eigenvalue weighted by Crippen LogP contribution is 2.26. The van der Waals surface area contributed by atoms with Crippen molar-refractivity contribution < 1.29 is 4.79 Å². The van der Waals surface area contributed by atoms with E-state index >= 15 is 0 Å². The number of anilines is 1. The first-order chi connectivity index (χ1) is 9.27. The number of hydrogen-bond acceptors (Lipinski definition) is 4. The Morgan fingerprint density at radius 3 is 3.16 bits per heavy atom. The monoisotopic (exact) mass is 262 g/mol. The van der Waals surface area contributed by atoms with Crippen LogP contribution in [0, 0.1) is 0 Å². The molecule has 1 aromatic rings. The van der Waals surface area contributed by atoms with Gasteiger partial charge in [0.2, 0.25) is 5.91 Å². The van der Waals surface area contributed by atoms with E-state index in [9.17, 15) is 4.79 Å². The highest BCUT2D eigenvalue weighted by Gasteiger charge is 2.31. The molecule has 2 heterocycles. The van der Waals surface area contributed by atoms with Gasteiger partial charge < -0.3 is 15.5 Å². The maximum Gasteiger partial charge on any atom is 0.242 e. The van der Waals surface area contributed by atoms with Gasteiger partial charge >= 0.3 is 0 Å². The molecule has 5 heteroatoms. The van der Waals surface area contributed by atoms with Crippen molar-refractivity contribution in [3.8, 4) is 0 Å². The molecule has 1 fully saturated rings. The lowest BCUT2D eigenvalue weighted by atomic mass is 10.2. The Hall–Kier alpha value is -1.62. The molecule has 2 rings (SSSR count). The van der Waals surface area contributed by atoms with E-state index in [2.05, 4.69) is 33.5 Å². The summed E-state index contributed by atoms with van der Waals surface area (Å²) in [6.07, 6.45) is 3.73.